The zero-order valence-electron chi connectivity index (χ0n) is 12.5. The first kappa shape index (κ1) is 12.2. The number of halogens is 1. The smallest absolute Gasteiger partial charge is 0.146 e. The molecule has 0 aliphatic carbocycles. The Kier molecular flexibility index (Phi) is 3.60. The standard InChI is InChI=1S/C19H16FN/c20-17-13-7-8-14-18(17)21-19(15-9-3-1-4-10-15)16-11-5-2-6-12-16/h1-14,19,21H/i19D. The van der Waals surface area contributed by atoms with Crippen LogP contribution in [0.15, 0.2) is 84.9 Å². The van der Waals surface area contributed by atoms with Gasteiger partial charge in [0.2, 0.25) is 0 Å². The number of nitrogens with one attached hydrogen (secondary N) is 1. The van der Waals surface area contributed by atoms with Gasteiger partial charge in [-0.1, -0.05) is 72.8 Å². The summed E-state index contributed by atoms with van der Waals surface area (Å²) >= 11 is 0. The van der Waals surface area contributed by atoms with Crippen LogP contribution < -0.4 is 5.32 Å². The molecule has 0 unspecified atom stereocenters. The molecular weight excluding hydrogens is 261 g/mol. The quantitative estimate of drug-likeness (QED) is 0.706. The Bertz CT molecular complexity index is 704. The Balaban J connectivity index is 2.10. The van der Waals surface area contributed by atoms with Gasteiger partial charge in [-0.3, -0.25) is 0 Å². The normalized spacial score (nSPS) is 11.8. The number of para-hydroxylation sites is 1. The van der Waals surface area contributed by atoms with Crippen molar-refractivity contribution in [3.8, 4) is 0 Å². The van der Waals surface area contributed by atoms with Crippen molar-refractivity contribution in [3.63, 3.8) is 0 Å². The SMILES string of the molecule is [2H]C(Nc1ccccc1F)(c1ccccc1)c1ccccc1. The number of anilines is 1. The third-order valence-corrected chi connectivity index (χ3v) is 3.26. The van der Waals surface area contributed by atoms with Gasteiger partial charge in [0.1, 0.15) is 5.82 Å². The second-order valence-corrected chi connectivity index (χ2v) is 4.71. The summed E-state index contributed by atoms with van der Waals surface area (Å²) in [5, 5.41) is 3.05. The van der Waals surface area contributed by atoms with Gasteiger partial charge in [-0.15, -0.1) is 0 Å². The molecule has 1 N–H and O–H groups in total. The molecule has 0 amide bonds. The molecule has 0 aliphatic heterocycles. The topological polar surface area (TPSA) is 12.0 Å². The lowest BCUT2D eigenvalue weighted by Crippen LogP contribution is -2.13. The van der Waals surface area contributed by atoms with Gasteiger partial charge in [0, 0.05) is 0 Å². The first-order valence-corrected chi connectivity index (χ1v) is 6.84. The minimum Gasteiger partial charge on any atom is -0.372 e. The second kappa shape index (κ2) is 6.23. The summed E-state index contributed by atoms with van der Waals surface area (Å²) in [6.45, 7) is 0. The highest BCUT2D eigenvalue weighted by Gasteiger charge is 2.14. The Hall–Kier alpha value is -2.61. The molecule has 0 saturated carbocycles. The average Bonchev–Trinajstić information content (AvgIpc) is 2.58. The highest BCUT2D eigenvalue weighted by molar-refractivity contribution is 5.50. The highest BCUT2D eigenvalue weighted by Crippen LogP contribution is 2.27. The summed E-state index contributed by atoms with van der Waals surface area (Å²) in [7, 11) is 0. The molecule has 1 nitrogen and oxygen atoms in total. The van der Waals surface area contributed by atoms with Crippen LogP contribution >= 0.6 is 0 Å². The van der Waals surface area contributed by atoms with Crippen LogP contribution in [0.25, 0.3) is 0 Å². The molecule has 0 fully saturated rings. The van der Waals surface area contributed by atoms with Crippen molar-refractivity contribution in [2.75, 3.05) is 5.32 Å². The van der Waals surface area contributed by atoms with Crippen LogP contribution in [0.4, 0.5) is 10.1 Å². The minimum atomic E-state index is -1.26. The van der Waals surface area contributed by atoms with Crippen LogP contribution in [0.5, 0.6) is 0 Å². The van der Waals surface area contributed by atoms with E-state index in [4.69, 9.17) is 1.37 Å². The van der Waals surface area contributed by atoms with Crippen LogP contribution in [-0.4, -0.2) is 0 Å². The van der Waals surface area contributed by atoms with E-state index in [-0.39, 0.29) is 5.82 Å². The lowest BCUT2D eigenvalue weighted by molar-refractivity contribution is 0.628. The van der Waals surface area contributed by atoms with Crippen molar-refractivity contribution in [1.82, 2.24) is 0 Å². The average molecular weight is 278 g/mol. The largest absolute Gasteiger partial charge is 0.372 e. The lowest BCUT2D eigenvalue weighted by atomic mass is 9.98. The maximum atomic E-state index is 14.0. The Morgan fingerprint density at radius 3 is 1.71 bits per heavy atom. The molecule has 0 heterocycles. The summed E-state index contributed by atoms with van der Waals surface area (Å²) in [6.07, 6.45) is 0. The Labute approximate surface area is 125 Å². The molecule has 0 aliphatic rings. The van der Waals surface area contributed by atoms with Gasteiger partial charge in [0.15, 0.2) is 0 Å². The molecule has 0 radical (unpaired) electrons. The van der Waals surface area contributed by atoms with Crippen LogP contribution in [0.1, 0.15) is 18.5 Å². The fourth-order valence-corrected chi connectivity index (χ4v) is 2.22. The van der Waals surface area contributed by atoms with Gasteiger partial charge in [-0.05, 0) is 23.3 Å². The van der Waals surface area contributed by atoms with Crippen molar-refractivity contribution in [3.05, 3.63) is 102 Å². The summed E-state index contributed by atoms with van der Waals surface area (Å²) in [4.78, 5) is 0. The number of hydrogen-bond acceptors (Lipinski definition) is 1. The summed E-state index contributed by atoms with van der Waals surface area (Å²) in [5.74, 6) is -0.369. The molecule has 3 aromatic carbocycles. The Morgan fingerprint density at radius 2 is 1.19 bits per heavy atom. The number of hydrogen-bond donors (Lipinski definition) is 1. The first-order chi connectivity index (χ1) is 10.7. The molecule has 104 valence electrons. The van der Waals surface area contributed by atoms with Gasteiger partial charge < -0.3 is 5.32 Å². The maximum Gasteiger partial charge on any atom is 0.146 e. The Morgan fingerprint density at radius 1 is 0.714 bits per heavy atom. The van der Waals surface area contributed by atoms with Crippen molar-refractivity contribution in [1.29, 1.82) is 0 Å². The maximum absolute atomic E-state index is 14.0. The van der Waals surface area contributed by atoms with Crippen molar-refractivity contribution in [2.24, 2.45) is 0 Å². The van der Waals surface area contributed by atoms with Gasteiger partial charge in [-0.2, -0.15) is 0 Å². The third-order valence-electron chi connectivity index (χ3n) is 3.26. The van der Waals surface area contributed by atoms with E-state index >= 15 is 0 Å². The van der Waals surface area contributed by atoms with Gasteiger partial charge in [0.05, 0.1) is 13.1 Å². The molecular formula is C19H16FN. The van der Waals surface area contributed by atoms with Crippen molar-refractivity contribution in [2.45, 2.75) is 6.02 Å². The zero-order chi connectivity index (χ0) is 15.4. The predicted octanol–water partition coefficient (Wildman–Crippen LogP) is 5.03. The van der Waals surface area contributed by atoms with E-state index in [1.807, 2.05) is 60.7 Å². The molecule has 0 bridgehead atoms. The monoisotopic (exact) mass is 278 g/mol. The molecule has 0 aromatic heterocycles. The van der Waals surface area contributed by atoms with Gasteiger partial charge >= 0.3 is 0 Å². The fraction of sp³-hybridized carbons (Fsp3) is 0.0526. The molecule has 3 rings (SSSR count). The molecule has 0 atom stereocenters. The highest BCUT2D eigenvalue weighted by atomic mass is 19.1. The summed E-state index contributed by atoms with van der Waals surface area (Å²) < 4.78 is 23.0. The fourth-order valence-electron chi connectivity index (χ4n) is 2.22. The molecule has 0 saturated heterocycles. The third kappa shape index (κ3) is 3.11. The van der Waals surface area contributed by atoms with Gasteiger partial charge in [0.25, 0.3) is 0 Å². The van der Waals surface area contributed by atoms with Crippen molar-refractivity contribution >= 4 is 5.69 Å². The lowest BCUT2D eigenvalue weighted by Gasteiger charge is -2.21. The summed E-state index contributed by atoms with van der Waals surface area (Å²) in [6, 6.07) is 24.0. The van der Waals surface area contributed by atoms with Crippen LogP contribution in [0.2, 0.25) is 0 Å². The second-order valence-electron chi connectivity index (χ2n) is 4.71. The van der Waals surface area contributed by atoms with Crippen LogP contribution in [0.3, 0.4) is 0 Å². The molecule has 21 heavy (non-hydrogen) atoms. The van der Waals surface area contributed by atoms with E-state index in [0.717, 1.165) is 11.1 Å². The van der Waals surface area contributed by atoms with E-state index in [2.05, 4.69) is 5.32 Å². The van der Waals surface area contributed by atoms with E-state index < -0.39 is 6.02 Å². The minimum absolute atomic E-state index is 0.310. The molecule has 3 aromatic rings. The molecule has 0 spiro atoms. The molecule has 2 heteroatoms. The van der Waals surface area contributed by atoms with E-state index in [0.29, 0.717) is 5.69 Å². The number of rotatable bonds is 4. The van der Waals surface area contributed by atoms with E-state index in [1.54, 1.807) is 18.2 Å². The first-order valence-electron chi connectivity index (χ1n) is 7.34. The number of benzene rings is 3. The zero-order valence-corrected chi connectivity index (χ0v) is 11.5. The van der Waals surface area contributed by atoms with Crippen LogP contribution in [-0.2, 0) is 0 Å². The van der Waals surface area contributed by atoms with Gasteiger partial charge in [-0.25, -0.2) is 4.39 Å². The van der Waals surface area contributed by atoms with Crippen LogP contribution in [0, 0.1) is 5.82 Å². The van der Waals surface area contributed by atoms with E-state index in [9.17, 15) is 4.39 Å². The van der Waals surface area contributed by atoms with E-state index in [1.165, 1.54) is 6.07 Å². The van der Waals surface area contributed by atoms with Crippen molar-refractivity contribution < 1.29 is 5.76 Å². The predicted molar refractivity (Wildman–Crippen MR) is 84.7 cm³/mol. The summed E-state index contributed by atoms with van der Waals surface area (Å²) in [5.41, 5.74) is 1.82.